The van der Waals surface area contributed by atoms with Crippen LogP contribution in [0.15, 0.2) is 0 Å². The highest BCUT2D eigenvalue weighted by molar-refractivity contribution is 5.73. The third-order valence-corrected chi connectivity index (χ3v) is 14.4. The molecule has 5 saturated heterocycles. The third kappa shape index (κ3) is 12.4. The monoisotopic (exact) mass is 1050 g/mol. The van der Waals surface area contributed by atoms with E-state index in [2.05, 4.69) is 5.32 Å². The van der Waals surface area contributed by atoms with Crippen LogP contribution in [-0.2, 0) is 52.2 Å². The summed E-state index contributed by atoms with van der Waals surface area (Å²) in [5.41, 5.74) is -0.496. The van der Waals surface area contributed by atoms with Crippen LogP contribution >= 0.6 is 0 Å². The van der Waals surface area contributed by atoms with Gasteiger partial charge in [-0.15, -0.1) is 0 Å². The molecule has 6 fully saturated rings. The van der Waals surface area contributed by atoms with Gasteiger partial charge in [-0.05, 0) is 24.7 Å². The lowest BCUT2D eigenvalue weighted by molar-refractivity contribution is -0.391. The van der Waals surface area contributed by atoms with E-state index in [1.807, 2.05) is 20.8 Å². The highest BCUT2D eigenvalue weighted by Crippen LogP contribution is 2.43. The Bertz CT molecular complexity index is 1700. The maximum absolute atomic E-state index is 12.8. The van der Waals surface area contributed by atoms with Crippen molar-refractivity contribution >= 4 is 5.91 Å². The number of hydrogen-bond donors (Lipinski definition) is 18. The van der Waals surface area contributed by atoms with Crippen molar-refractivity contribution in [3.63, 3.8) is 0 Å². The Labute approximate surface area is 412 Å². The van der Waals surface area contributed by atoms with Gasteiger partial charge < -0.3 is 139 Å². The first-order valence-corrected chi connectivity index (χ1v) is 23.9. The molecule has 14 unspecified atom stereocenters. The van der Waals surface area contributed by atoms with Gasteiger partial charge in [-0.2, -0.15) is 0 Å². The maximum atomic E-state index is 12.8. The number of rotatable bonds is 16. The molecule has 72 heavy (non-hydrogen) atoms. The minimum atomic E-state index is -2.18. The van der Waals surface area contributed by atoms with E-state index in [9.17, 15) is 91.6 Å². The molecule has 1 amide bonds. The van der Waals surface area contributed by atoms with Gasteiger partial charge in [-0.25, -0.2) is 0 Å². The van der Waals surface area contributed by atoms with Gasteiger partial charge >= 0.3 is 0 Å². The van der Waals surface area contributed by atoms with Crippen molar-refractivity contribution in [2.75, 3.05) is 33.0 Å². The molecule has 18 N–H and O–H groups in total. The summed E-state index contributed by atoms with van der Waals surface area (Å²) >= 11 is 0. The van der Waals surface area contributed by atoms with Crippen LogP contribution in [0.3, 0.4) is 0 Å². The summed E-state index contributed by atoms with van der Waals surface area (Å²) in [7, 11) is 0. The van der Waals surface area contributed by atoms with Crippen LogP contribution in [-0.4, -0.2) is 298 Å². The summed E-state index contributed by atoms with van der Waals surface area (Å²) in [6, 6.07) is -1.77. The fourth-order valence-corrected chi connectivity index (χ4v) is 10.2. The molecule has 29 nitrogen and oxygen atoms in total. The first kappa shape index (κ1) is 59.6. The molecular formula is C43H75NO28. The third-order valence-electron chi connectivity index (χ3n) is 14.4. The van der Waals surface area contributed by atoms with Crippen molar-refractivity contribution in [3.05, 3.63) is 0 Å². The van der Waals surface area contributed by atoms with E-state index in [0.29, 0.717) is 0 Å². The Hall–Kier alpha value is -1.61. The highest BCUT2D eigenvalue weighted by Gasteiger charge is 2.58. The summed E-state index contributed by atoms with van der Waals surface area (Å²) in [5, 5.41) is 187. The number of carbonyl (C=O) groups is 1. The molecule has 0 spiro atoms. The molecule has 29 heteroatoms. The van der Waals surface area contributed by atoms with Crippen LogP contribution in [0, 0.1) is 17.3 Å². The van der Waals surface area contributed by atoms with E-state index < -0.39 is 228 Å². The van der Waals surface area contributed by atoms with E-state index in [4.69, 9.17) is 47.4 Å². The average molecular weight is 1050 g/mol. The van der Waals surface area contributed by atoms with Crippen LogP contribution in [0.4, 0.5) is 0 Å². The number of aliphatic hydroxyl groups excluding tert-OH is 17. The fraction of sp³-hybridized carbons (Fsp3) is 0.977. The molecule has 0 bridgehead atoms. The molecule has 5 aliphatic heterocycles. The standard InChI is InChI=1S/C43H75NO28/c1-12-21(51)26(56)30(60)39(63-12)72-37-28(58)23(53)16(8-46)66-42(37)70-35-20(44-13(2)50)38(64-17(9-47)24(35)54)71-36-25(55)18(10-48)65-41(32(36)62)69-34-19(11-49)67-40(31(61)29(34)59)68-33-14(7-45)6-15(43(3,4)5)22(52)27(33)57/h12,14-42,45-49,51-62H,6-11H2,1-5H3,(H,44,50)/t12?,14?,15?,16?,17?,18?,19?,20?,21-,22?,23+,24+,25+,26?,27-,28+,29-,30+,31?,32?,33-,34+,35-,36+,37?,38+,39?,40+,41-,42+/m1/s1. The van der Waals surface area contributed by atoms with Gasteiger partial charge in [-0.1, -0.05) is 20.8 Å². The Morgan fingerprint density at radius 1 is 0.444 bits per heavy atom. The molecule has 6 rings (SSSR count). The SMILES string of the molecule is CC(=O)NC1[C@H](O[C@@H]2C(O)[C@@H](O[C@H]3C(CO)O[C@@H](O[C@@H]4C(CO)CC(C(C)(C)C)C(O)[C@H]4O)C(O)[C@H]3O)OC(CO)[C@@H]2O)OC(CO)[C@H](O)[C@@H]1O[C@@H]1OC(CO)[C@H](O)[C@H](O)C1OC1OC(C)[C@@H](O)C(O)[C@@H]1O. The quantitative estimate of drug-likeness (QED) is 0.0682. The minimum Gasteiger partial charge on any atom is -0.396 e. The van der Waals surface area contributed by atoms with Gasteiger partial charge in [0.2, 0.25) is 5.91 Å². The Kier molecular flexibility index (Phi) is 20.5. The first-order chi connectivity index (χ1) is 33.8. The lowest BCUT2D eigenvalue weighted by Gasteiger charge is -2.51. The number of aliphatic hydroxyl groups is 17. The van der Waals surface area contributed by atoms with Gasteiger partial charge in [0.25, 0.3) is 0 Å². The highest BCUT2D eigenvalue weighted by atomic mass is 16.8. The lowest BCUT2D eigenvalue weighted by atomic mass is 9.65. The molecule has 1 aliphatic carbocycles. The summed E-state index contributed by atoms with van der Waals surface area (Å²) in [5.74, 6) is -2.10. The lowest BCUT2D eigenvalue weighted by Crippen LogP contribution is -2.70. The van der Waals surface area contributed by atoms with Gasteiger partial charge in [-0.3, -0.25) is 4.79 Å². The predicted octanol–water partition coefficient (Wildman–Crippen LogP) is -9.96. The number of amides is 1. The molecule has 30 atom stereocenters. The van der Waals surface area contributed by atoms with Crippen molar-refractivity contribution in [1.29, 1.82) is 0 Å². The Morgan fingerprint density at radius 3 is 1.44 bits per heavy atom. The molecule has 0 aromatic heterocycles. The summed E-state index contributed by atoms with van der Waals surface area (Å²) in [6.07, 6.45) is -48.6. The number of carbonyl (C=O) groups excluding carboxylic acids is 1. The Morgan fingerprint density at radius 2 is 0.875 bits per heavy atom. The van der Waals surface area contributed by atoms with E-state index in [1.54, 1.807) is 0 Å². The van der Waals surface area contributed by atoms with Crippen LogP contribution in [0.25, 0.3) is 0 Å². The maximum Gasteiger partial charge on any atom is 0.217 e. The van der Waals surface area contributed by atoms with Crippen molar-refractivity contribution < 1.29 is 139 Å². The molecule has 5 heterocycles. The second kappa shape index (κ2) is 24.8. The summed E-state index contributed by atoms with van der Waals surface area (Å²) in [6.45, 7) is 3.51. The van der Waals surface area contributed by atoms with Crippen molar-refractivity contribution in [2.45, 2.75) is 213 Å². The second-order valence-electron chi connectivity index (χ2n) is 20.4. The summed E-state index contributed by atoms with van der Waals surface area (Å²) < 4.78 is 58.2. The smallest absolute Gasteiger partial charge is 0.217 e. The van der Waals surface area contributed by atoms with Crippen LogP contribution in [0.2, 0.25) is 0 Å². The van der Waals surface area contributed by atoms with Crippen LogP contribution in [0.1, 0.15) is 41.0 Å². The van der Waals surface area contributed by atoms with E-state index in [0.717, 1.165) is 6.92 Å². The van der Waals surface area contributed by atoms with E-state index >= 15 is 0 Å². The number of ether oxygens (including phenoxy) is 10. The first-order valence-electron chi connectivity index (χ1n) is 23.9. The Balaban J connectivity index is 1.23. The zero-order valence-electron chi connectivity index (χ0n) is 40.2. The molecule has 0 aromatic rings. The largest absolute Gasteiger partial charge is 0.396 e. The zero-order chi connectivity index (χ0) is 53.4. The number of hydrogen-bond acceptors (Lipinski definition) is 28. The van der Waals surface area contributed by atoms with Gasteiger partial charge in [0.1, 0.15) is 122 Å². The second-order valence-corrected chi connectivity index (χ2v) is 20.4. The van der Waals surface area contributed by atoms with Gasteiger partial charge in [0, 0.05) is 19.4 Å². The fourth-order valence-electron chi connectivity index (χ4n) is 10.2. The average Bonchev–Trinajstić information content (AvgIpc) is 3.33. The van der Waals surface area contributed by atoms with Crippen molar-refractivity contribution in [2.24, 2.45) is 17.3 Å². The van der Waals surface area contributed by atoms with E-state index in [-0.39, 0.29) is 6.42 Å². The molecule has 420 valence electrons. The molecule has 0 aromatic carbocycles. The number of nitrogens with one attached hydrogen (secondary N) is 1. The summed E-state index contributed by atoms with van der Waals surface area (Å²) in [4.78, 5) is 12.8. The van der Waals surface area contributed by atoms with Gasteiger partial charge in [0.05, 0.1) is 44.7 Å². The predicted molar refractivity (Wildman–Crippen MR) is 230 cm³/mol. The molecule has 1 saturated carbocycles. The minimum absolute atomic E-state index is 0.194. The normalized spacial score (nSPS) is 50.6. The molecular weight excluding hydrogens is 978 g/mol. The van der Waals surface area contributed by atoms with Crippen LogP contribution in [0.5, 0.6) is 0 Å². The van der Waals surface area contributed by atoms with E-state index in [1.165, 1.54) is 6.92 Å². The van der Waals surface area contributed by atoms with Crippen LogP contribution < -0.4 is 5.32 Å². The zero-order valence-corrected chi connectivity index (χ0v) is 40.2. The van der Waals surface area contributed by atoms with Crippen molar-refractivity contribution in [1.82, 2.24) is 5.32 Å². The van der Waals surface area contributed by atoms with Gasteiger partial charge in [0.15, 0.2) is 31.5 Å². The van der Waals surface area contributed by atoms with Crippen molar-refractivity contribution in [3.8, 4) is 0 Å². The topological polar surface area (TPSA) is 465 Å². The molecule has 0 radical (unpaired) electrons. The molecule has 6 aliphatic rings.